The average Bonchev–Trinajstić information content (AvgIpc) is 2.60. The van der Waals surface area contributed by atoms with E-state index in [9.17, 15) is 5.11 Å². The van der Waals surface area contributed by atoms with Crippen LogP contribution in [0.1, 0.15) is 20.3 Å². The van der Waals surface area contributed by atoms with Crippen LogP contribution in [-0.2, 0) is 0 Å². The lowest BCUT2D eigenvalue weighted by Gasteiger charge is -2.35. The molecule has 0 heterocycles. The first-order valence-electron chi connectivity index (χ1n) is 8.54. The molecule has 3 N–H and O–H groups in total. The summed E-state index contributed by atoms with van der Waals surface area (Å²) in [6, 6.07) is 22.4. The molecule has 0 aromatic heterocycles. The van der Waals surface area contributed by atoms with E-state index in [0.717, 1.165) is 12.5 Å². The summed E-state index contributed by atoms with van der Waals surface area (Å²) < 4.78 is 0. The van der Waals surface area contributed by atoms with Crippen LogP contribution in [-0.4, -0.2) is 26.0 Å². The maximum Gasteiger partial charge on any atom is 0.131 e. The number of hydrogen-bond donors (Lipinski definition) is 2. The third-order valence-corrected chi connectivity index (χ3v) is 9.55. The van der Waals surface area contributed by atoms with Gasteiger partial charge in [0.25, 0.3) is 0 Å². The van der Waals surface area contributed by atoms with Gasteiger partial charge < -0.3 is 10.8 Å². The SMILES string of the molecule is CC(C)C[C@@H](CO)C[Si](CN)(c1ccccc1)c1ccccc1. The lowest BCUT2D eigenvalue weighted by atomic mass is 10.00. The summed E-state index contributed by atoms with van der Waals surface area (Å²) in [5.41, 5.74) is 6.39. The van der Waals surface area contributed by atoms with E-state index < -0.39 is 8.07 Å². The quantitative estimate of drug-likeness (QED) is 0.731. The monoisotopic (exact) mass is 327 g/mol. The predicted octanol–water partition coefficient (Wildman–Crippen LogP) is 2.40. The van der Waals surface area contributed by atoms with Crippen LogP contribution in [0, 0.1) is 11.8 Å². The van der Waals surface area contributed by atoms with Crippen molar-refractivity contribution in [1.82, 2.24) is 0 Å². The second-order valence-electron chi connectivity index (χ2n) is 6.90. The van der Waals surface area contributed by atoms with Gasteiger partial charge in [-0.1, -0.05) is 84.9 Å². The Morgan fingerprint density at radius 1 is 0.913 bits per heavy atom. The molecule has 2 aromatic rings. The fraction of sp³-hybridized carbons (Fsp3) is 0.400. The van der Waals surface area contributed by atoms with Gasteiger partial charge in [0.2, 0.25) is 0 Å². The Labute approximate surface area is 141 Å². The van der Waals surface area contributed by atoms with E-state index >= 15 is 0 Å². The molecule has 0 amide bonds. The van der Waals surface area contributed by atoms with Crippen LogP contribution in [0.15, 0.2) is 60.7 Å². The number of rotatable bonds is 8. The molecule has 124 valence electrons. The lowest BCUT2D eigenvalue weighted by Crippen LogP contribution is -2.64. The zero-order valence-corrected chi connectivity index (χ0v) is 15.3. The topological polar surface area (TPSA) is 46.2 Å². The highest BCUT2D eigenvalue weighted by atomic mass is 28.3. The van der Waals surface area contributed by atoms with Gasteiger partial charge in [-0.3, -0.25) is 0 Å². The zero-order valence-electron chi connectivity index (χ0n) is 14.3. The molecule has 0 saturated carbocycles. The maximum absolute atomic E-state index is 9.91. The van der Waals surface area contributed by atoms with Crippen molar-refractivity contribution in [2.75, 3.05) is 12.8 Å². The summed E-state index contributed by atoms with van der Waals surface area (Å²) in [4.78, 5) is 0. The molecule has 1 atom stereocenters. The first-order chi connectivity index (χ1) is 11.1. The van der Waals surface area contributed by atoms with Crippen LogP contribution in [0.5, 0.6) is 0 Å². The second-order valence-corrected chi connectivity index (χ2v) is 11.0. The third-order valence-electron chi connectivity index (χ3n) is 4.70. The smallest absolute Gasteiger partial charge is 0.131 e. The van der Waals surface area contributed by atoms with Gasteiger partial charge in [0, 0.05) is 6.61 Å². The van der Waals surface area contributed by atoms with Crippen LogP contribution in [0.2, 0.25) is 6.04 Å². The van der Waals surface area contributed by atoms with Gasteiger partial charge in [0.1, 0.15) is 8.07 Å². The first kappa shape index (κ1) is 17.9. The Morgan fingerprint density at radius 2 is 1.39 bits per heavy atom. The minimum absolute atomic E-state index is 0.243. The van der Waals surface area contributed by atoms with Gasteiger partial charge in [-0.05, 0) is 30.5 Å². The average molecular weight is 328 g/mol. The van der Waals surface area contributed by atoms with Crippen LogP contribution < -0.4 is 16.1 Å². The van der Waals surface area contributed by atoms with E-state index in [-0.39, 0.29) is 6.61 Å². The molecule has 23 heavy (non-hydrogen) atoms. The van der Waals surface area contributed by atoms with Crippen molar-refractivity contribution < 1.29 is 5.11 Å². The molecular formula is C20H29NOSi. The summed E-state index contributed by atoms with van der Waals surface area (Å²) in [5.74, 6) is 0.897. The van der Waals surface area contributed by atoms with Crippen LogP contribution >= 0.6 is 0 Å². The molecular weight excluding hydrogens is 298 g/mol. The fourth-order valence-electron chi connectivity index (χ4n) is 3.62. The Hall–Kier alpha value is -1.42. The highest BCUT2D eigenvalue weighted by Crippen LogP contribution is 2.23. The molecule has 0 aliphatic rings. The third kappa shape index (κ3) is 4.31. The van der Waals surface area contributed by atoms with Crippen molar-refractivity contribution in [1.29, 1.82) is 0 Å². The molecule has 0 bridgehead atoms. The van der Waals surface area contributed by atoms with E-state index in [1.54, 1.807) is 0 Å². The highest BCUT2D eigenvalue weighted by Gasteiger charge is 2.38. The minimum atomic E-state index is -2.05. The van der Waals surface area contributed by atoms with E-state index in [4.69, 9.17) is 5.73 Å². The van der Waals surface area contributed by atoms with E-state index in [0.29, 0.717) is 18.0 Å². The maximum atomic E-state index is 9.91. The zero-order chi connectivity index (χ0) is 16.7. The summed E-state index contributed by atoms with van der Waals surface area (Å²) in [6.45, 7) is 4.69. The molecule has 0 radical (unpaired) electrons. The summed E-state index contributed by atoms with van der Waals surface area (Å²) >= 11 is 0. The molecule has 0 spiro atoms. The molecule has 0 aliphatic carbocycles. The summed E-state index contributed by atoms with van der Waals surface area (Å²) in [5, 5.41) is 12.7. The fourth-order valence-corrected chi connectivity index (χ4v) is 8.00. The Balaban J connectivity index is 2.46. The van der Waals surface area contributed by atoms with Crippen molar-refractivity contribution >= 4 is 18.4 Å². The summed E-state index contributed by atoms with van der Waals surface area (Å²) in [6.07, 6.45) is 1.72. The van der Waals surface area contributed by atoms with Crippen molar-refractivity contribution in [2.45, 2.75) is 26.3 Å². The van der Waals surface area contributed by atoms with Gasteiger partial charge in [-0.15, -0.1) is 0 Å². The molecule has 0 saturated heterocycles. The van der Waals surface area contributed by atoms with Gasteiger partial charge in [-0.2, -0.15) is 0 Å². The second kappa shape index (κ2) is 8.43. The van der Waals surface area contributed by atoms with Crippen LogP contribution in [0.25, 0.3) is 0 Å². The first-order valence-corrected chi connectivity index (χ1v) is 11.0. The molecule has 0 aliphatic heterocycles. The van der Waals surface area contributed by atoms with E-state index in [1.807, 2.05) is 0 Å². The molecule has 2 rings (SSSR count). The highest BCUT2D eigenvalue weighted by molar-refractivity contribution is 7.02. The predicted molar refractivity (Wildman–Crippen MR) is 102 cm³/mol. The van der Waals surface area contributed by atoms with Crippen molar-refractivity contribution in [3.05, 3.63) is 60.7 Å². The van der Waals surface area contributed by atoms with E-state index in [2.05, 4.69) is 74.5 Å². The van der Waals surface area contributed by atoms with Gasteiger partial charge in [-0.25, -0.2) is 0 Å². The number of benzene rings is 2. The number of nitrogens with two attached hydrogens (primary N) is 1. The molecule has 0 fully saturated rings. The van der Waals surface area contributed by atoms with Crippen LogP contribution in [0.3, 0.4) is 0 Å². The molecule has 2 aromatic carbocycles. The van der Waals surface area contributed by atoms with Gasteiger partial charge in [0.05, 0.1) is 0 Å². The normalized spacial score (nSPS) is 13.3. The van der Waals surface area contributed by atoms with Crippen molar-refractivity contribution in [3.63, 3.8) is 0 Å². The molecule has 3 heteroatoms. The van der Waals surface area contributed by atoms with Crippen molar-refractivity contribution in [2.24, 2.45) is 17.6 Å². The standard InChI is InChI=1S/C20H29NOSi/c1-17(2)13-18(14-22)15-23(16-21,19-9-5-3-6-10-19)20-11-7-4-8-12-20/h3-12,17-18,22H,13-16,21H2,1-2H3/t18-/m0/s1. The Bertz CT molecular complexity index is 531. The lowest BCUT2D eigenvalue weighted by molar-refractivity contribution is 0.217. The van der Waals surface area contributed by atoms with Crippen LogP contribution in [0.4, 0.5) is 0 Å². The Morgan fingerprint density at radius 3 is 1.74 bits per heavy atom. The number of aliphatic hydroxyl groups excluding tert-OH is 1. The van der Waals surface area contributed by atoms with Crippen molar-refractivity contribution in [3.8, 4) is 0 Å². The van der Waals surface area contributed by atoms with E-state index in [1.165, 1.54) is 10.4 Å². The van der Waals surface area contributed by atoms with Gasteiger partial charge in [0.15, 0.2) is 0 Å². The molecule has 0 unspecified atom stereocenters. The summed E-state index contributed by atoms with van der Waals surface area (Å²) in [7, 11) is -2.05. The molecule has 2 nitrogen and oxygen atoms in total. The minimum Gasteiger partial charge on any atom is -0.396 e. The number of hydrogen-bond acceptors (Lipinski definition) is 2. The Kier molecular flexibility index (Phi) is 6.57. The number of aliphatic hydroxyl groups is 1. The largest absolute Gasteiger partial charge is 0.396 e. The van der Waals surface area contributed by atoms with Gasteiger partial charge >= 0.3 is 0 Å².